The topological polar surface area (TPSA) is 78.9 Å². The van der Waals surface area contributed by atoms with Gasteiger partial charge in [0.1, 0.15) is 0 Å². The number of hydrogen-bond acceptors (Lipinski definition) is 6. The highest BCUT2D eigenvalue weighted by atomic mass is 28.4. The van der Waals surface area contributed by atoms with E-state index in [2.05, 4.69) is 0 Å². The van der Waals surface area contributed by atoms with Crippen molar-refractivity contribution in [3.8, 4) is 11.1 Å². The molecule has 0 aliphatic rings. The molecule has 0 spiro atoms. The summed E-state index contributed by atoms with van der Waals surface area (Å²) in [5, 5.41) is -0.157. The van der Waals surface area contributed by atoms with Gasteiger partial charge in [-0.25, -0.2) is 22.0 Å². The second kappa shape index (κ2) is 8.61. The van der Waals surface area contributed by atoms with E-state index in [-0.39, 0.29) is 5.19 Å². The molecule has 2 aromatic rings. The smallest absolute Gasteiger partial charge is 0.452 e. The Hall–Kier alpha value is -3.28. The van der Waals surface area contributed by atoms with Crippen LogP contribution in [0.1, 0.15) is 20.8 Å². The lowest BCUT2D eigenvalue weighted by molar-refractivity contribution is -0.146. The van der Waals surface area contributed by atoms with Crippen molar-refractivity contribution in [2.24, 2.45) is 0 Å². The highest BCUT2D eigenvalue weighted by Gasteiger charge is 2.54. The van der Waals surface area contributed by atoms with E-state index >= 15 is 0 Å². The fourth-order valence-electron chi connectivity index (χ4n) is 2.51. The van der Waals surface area contributed by atoms with Gasteiger partial charge in [-0.2, -0.15) is 0 Å². The minimum absolute atomic E-state index is 0.157. The number of halogens is 5. The maximum atomic E-state index is 14.0. The zero-order valence-corrected chi connectivity index (χ0v) is 16.6. The lowest BCUT2D eigenvalue weighted by atomic mass is 10.0. The van der Waals surface area contributed by atoms with Crippen LogP contribution in [0.3, 0.4) is 0 Å². The van der Waals surface area contributed by atoms with Gasteiger partial charge >= 0.3 is 8.80 Å². The molecule has 0 aliphatic heterocycles. The predicted octanol–water partition coefficient (Wildman–Crippen LogP) is 2.88. The summed E-state index contributed by atoms with van der Waals surface area (Å²) >= 11 is 0. The third-order valence-corrected chi connectivity index (χ3v) is 6.28. The Bertz CT molecular complexity index is 955. The van der Waals surface area contributed by atoms with Crippen molar-refractivity contribution in [3.63, 3.8) is 0 Å². The summed E-state index contributed by atoms with van der Waals surface area (Å²) in [5.74, 6) is -13.6. The van der Waals surface area contributed by atoms with Crippen molar-refractivity contribution < 1.29 is 49.6 Å². The van der Waals surface area contributed by atoms with E-state index < -0.39 is 66.9 Å². The highest BCUT2D eigenvalue weighted by Crippen LogP contribution is 2.31. The van der Waals surface area contributed by atoms with Gasteiger partial charge in [0.2, 0.25) is 5.82 Å². The number of carbonyl (C=O) groups is 3. The van der Waals surface area contributed by atoms with E-state index in [1.54, 1.807) is 0 Å². The lowest BCUT2D eigenvalue weighted by Gasteiger charge is -2.26. The Labute approximate surface area is 167 Å². The molecule has 2 rings (SSSR count). The SMILES string of the molecule is CC(=O)O[Si](OC(C)=O)(OC(C)=O)c1ccc(-c2c(F)c(F)c(F)c(F)c2F)cc1. The first kappa shape index (κ1) is 23.0. The first-order valence-electron chi connectivity index (χ1n) is 8.10. The van der Waals surface area contributed by atoms with Crippen LogP contribution in [0.25, 0.3) is 11.1 Å². The molecule has 0 aliphatic carbocycles. The average Bonchev–Trinajstić information content (AvgIpc) is 2.63. The Kier molecular flexibility index (Phi) is 6.60. The summed E-state index contributed by atoms with van der Waals surface area (Å²) in [6.45, 7) is 2.87. The van der Waals surface area contributed by atoms with Crippen molar-refractivity contribution in [2.75, 3.05) is 0 Å². The molecular weight excluding hydrogens is 435 g/mol. The maximum absolute atomic E-state index is 14.0. The number of benzene rings is 2. The van der Waals surface area contributed by atoms with Gasteiger partial charge in [-0.05, 0) is 5.56 Å². The number of hydrogen-bond donors (Lipinski definition) is 0. The molecule has 0 atom stereocenters. The molecule has 0 fully saturated rings. The minimum atomic E-state index is -4.49. The van der Waals surface area contributed by atoms with Crippen molar-refractivity contribution in [1.82, 2.24) is 0 Å². The Morgan fingerprint density at radius 3 is 1.30 bits per heavy atom. The van der Waals surface area contributed by atoms with Crippen LogP contribution < -0.4 is 5.19 Å². The Morgan fingerprint density at radius 1 is 0.633 bits per heavy atom. The fourth-order valence-corrected chi connectivity index (χ4v) is 4.70. The molecule has 0 N–H and O–H groups in total. The summed E-state index contributed by atoms with van der Waals surface area (Å²) in [4.78, 5) is 34.5. The van der Waals surface area contributed by atoms with E-state index in [1.165, 1.54) is 0 Å². The standard InChI is InChI=1S/C18H13F5O6Si/c1-8(24)27-30(28-9(2)25,29-10(3)26)12-6-4-11(5-7-12)13-14(19)16(21)18(23)17(22)15(13)20/h4-7H,1-3H3. The van der Waals surface area contributed by atoms with E-state index in [0.29, 0.717) is 0 Å². The van der Waals surface area contributed by atoms with Crippen LogP contribution in [-0.2, 0) is 27.7 Å². The molecule has 6 nitrogen and oxygen atoms in total. The molecule has 12 heteroatoms. The number of rotatable bonds is 5. The molecule has 2 aromatic carbocycles. The van der Waals surface area contributed by atoms with Crippen LogP contribution in [0.2, 0.25) is 0 Å². The van der Waals surface area contributed by atoms with Crippen LogP contribution in [0.4, 0.5) is 22.0 Å². The molecule has 0 heterocycles. The molecule has 0 saturated heterocycles. The van der Waals surface area contributed by atoms with E-state index in [0.717, 1.165) is 45.0 Å². The second-order valence-corrected chi connectivity index (χ2v) is 8.16. The molecule has 30 heavy (non-hydrogen) atoms. The minimum Gasteiger partial charge on any atom is -0.452 e. The van der Waals surface area contributed by atoms with Crippen LogP contribution in [-0.4, -0.2) is 26.7 Å². The van der Waals surface area contributed by atoms with E-state index in [1.807, 2.05) is 0 Å². The van der Waals surface area contributed by atoms with Crippen molar-refractivity contribution >= 4 is 31.9 Å². The fraction of sp³-hybridized carbons (Fsp3) is 0.167. The van der Waals surface area contributed by atoms with Gasteiger partial charge in [-0.1, -0.05) is 24.3 Å². The summed E-state index contributed by atoms with van der Waals surface area (Å²) in [5.41, 5.74) is -1.62. The Balaban J connectivity index is 2.64. The largest absolute Gasteiger partial charge is 0.742 e. The quantitative estimate of drug-likeness (QED) is 0.303. The monoisotopic (exact) mass is 448 g/mol. The van der Waals surface area contributed by atoms with Crippen LogP contribution in [0, 0.1) is 29.1 Å². The second-order valence-electron chi connectivity index (χ2n) is 5.86. The molecule has 0 bridgehead atoms. The number of carbonyl (C=O) groups excluding carboxylic acids is 3. The van der Waals surface area contributed by atoms with Crippen molar-refractivity contribution in [3.05, 3.63) is 53.4 Å². The van der Waals surface area contributed by atoms with Gasteiger partial charge in [0.15, 0.2) is 23.3 Å². The molecule has 0 unspecified atom stereocenters. The molecule has 0 radical (unpaired) electrons. The molecule has 0 saturated carbocycles. The van der Waals surface area contributed by atoms with Gasteiger partial charge in [-0.3, -0.25) is 14.4 Å². The van der Waals surface area contributed by atoms with Gasteiger partial charge in [-0.15, -0.1) is 0 Å². The molecule has 0 aromatic heterocycles. The van der Waals surface area contributed by atoms with Crippen LogP contribution in [0.15, 0.2) is 24.3 Å². The lowest BCUT2D eigenvalue weighted by Crippen LogP contribution is -2.59. The zero-order chi connectivity index (χ0) is 22.8. The third-order valence-electron chi connectivity index (χ3n) is 3.57. The van der Waals surface area contributed by atoms with Gasteiger partial charge in [0.25, 0.3) is 17.9 Å². The summed E-state index contributed by atoms with van der Waals surface area (Å²) in [6.07, 6.45) is 0. The maximum Gasteiger partial charge on any atom is 0.742 e. The van der Waals surface area contributed by atoms with Gasteiger partial charge in [0, 0.05) is 20.8 Å². The zero-order valence-electron chi connectivity index (χ0n) is 15.6. The van der Waals surface area contributed by atoms with E-state index in [4.69, 9.17) is 13.3 Å². The Morgan fingerprint density at radius 2 is 0.967 bits per heavy atom. The van der Waals surface area contributed by atoms with E-state index in [9.17, 15) is 36.3 Å². The highest BCUT2D eigenvalue weighted by molar-refractivity contribution is 6.79. The van der Waals surface area contributed by atoms with Crippen LogP contribution in [0.5, 0.6) is 0 Å². The third kappa shape index (κ3) is 4.48. The van der Waals surface area contributed by atoms with Gasteiger partial charge < -0.3 is 13.3 Å². The average molecular weight is 448 g/mol. The summed E-state index contributed by atoms with van der Waals surface area (Å²) < 4.78 is 83.2. The first-order chi connectivity index (χ1) is 13.9. The van der Waals surface area contributed by atoms with Crippen LogP contribution >= 0.6 is 0 Å². The summed E-state index contributed by atoms with van der Waals surface area (Å²) in [6, 6.07) is 3.86. The predicted molar refractivity (Wildman–Crippen MR) is 92.4 cm³/mol. The molecule has 0 amide bonds. The van der Waals surface area contributed by atoms with Gasteiger partial charge in [0.05, 0.1) is 10.8 Å². The normalized spacial score (nSPS) is 11.1. The summed E-state index contributed by atoms with van der Waals surface area (Å²) in [7, 11) is -4.49. The first-order valence-corrected chi connectivity index (χ1v) is 9.83. The van der Waals surface area contributed by atoms with Crippen molar-refractivity contribution in [2.45, 2.75) is 20.8 Å². The molecular formula is C18H13F5O6Si. The molecule has 160 valence electrons. The van der Waals surface area contributed by atoms with Crippen molar-refractivity contribution in [1.29, 1.82) is 0 Å².